The Balaban J connectivity index is 1.57. The molecule has 130 valence electrons. The number of hydrogen-bond acceptors (Lipinski definition) is 4. The molecule has 2 aromatic rings. The highest BCUT2D eigenvalue weighted by molar-refractivity contribution is 6.33. The maximum Gasteiger partial charge on any atom is 0.270 e. The van der Waals surface area contributed by atoms with Gasteiger partial charge >= 0.3 is 0 Å². The first-order valence-electron chi connectivity index (χ1n) is 8.52. The van der Waals surface area contributed by atoms with E-state index in [1.807, 2.05) is 18.2 Å². The maximum absolute atomic E-state index is 12.3. The van der Waals surface area contributed by atoms with E-state index in [1.54, 1.807) is 12.1 Å². The van der Waals surface area contributed by atoms with Crippen LogP contribution >= 0.6 is 11.6 Å². The van der Waals surface area contributed by atoms with Crippen LogP contribution in [0.5, 0.6) is 0 Å². The van der Waals surface area contributed by atoms with Crippen LogP contribution in [0.15, 0.2) is 48.3 Å². The van der Waals surface area contributed by atoms with E-state index in [9.17, 15) is 4.79 Å². The van der Waals surface area contributed by atoms with Crippen LogP contribution in [0.4, 0.5) is 11.5 Å². The Morgan fingerprint density at radius 2 is 2.08 bits per heavy atom. The SMILES string of the molecule is O=C(NCCC1=CCCCC1)c1cc(Nc2ccccc2Cl)ncn1. The number of para-hydroxylation sites is 1. The van der Waals surface area contributed by atoms with Crippen molar-refractivity contribution in [2.24, 2.45) is 0 Å². The molecule has 2 N–H and O–H groups in total. The lowest BCUT2D eigenvalue weighted by molar-refractivity contribution is 0.0949. The number of anilines is 2. The van der Waals surface area contributed by atoms with Crippen LogP contribution in [0.25, 0.3) is 0 Å². The lowest BCUT2D eigenvalue weighted by atomic mass is 9.97. The normalized spacial score (nSPS) is 13.9. The molecule has 0 atom stereocenters. The first kappa shape index (κ1) is 17.4. The van der Waals surface area contributed by atoms with Crippen molar-refractivity contribution in [2.75, 3.05) is 11.9 Å². The molecule has 0 radical (unpaired) electrons. The number of halogens is 1. The highest BCUT2D eigenvalue weighted by Crippen LogP contribution is 2.24. The predicted molar refractivity (Wildman–Crippen MR) is 100 cm³/mol. The van der Waals surface area contributed by atoms with Crippen LogP contribution in [0.1, 0.15) is 42.6 Å². The molecular weight excluding hydrogens is 336 g/mol. The Kier molecular flexibility index (Phi) is 6.01. The third-order valence-electron chi connectivity index (χ3n) is 4.15. The van der Waals surface area contributed by atoms with E-state index < -0.39 is 0 Å². The number of hydrogen-bond donors (Lipinski definition) is 2. The van der Waals surface area contributed by atoms with Gasteiger partial charge in [0.1, 0.15) is 17.8 Å². The fraction of sp³-hybridized carbons (Fsp3) is 0.316. The smallest absolute Gasteiger partial charge is 0.270 e. The number of allylic oxidation sites excluding steroid dienone is 1. The van der Waals surface area contributed by atoms with Crippen LogP contribution < -0.4 is 10.6 Å². The quantitative estimate of drug-likeness (QED) is 0.748. The van der Waals surface area contributed by atoms with Gasteiger partial charge in [-0.05, 0) is 44.2 Å². The van der Waals surface area contributed by atoms with E-state index in [0.29, 0.717) is 23.1 Å². The summed E-state index contributed by atoms with van der Waals surface area (Å²) in [6.07, 6.45) is 9.41. The minimum absolute atomic E-state index is 0.194. The number of aromatic nitrogens is 2. The number of rotatable bonds is 6. The lowest BCUT2D eigenvalue weighted by Crippen LogP contribution is -2.26. The molecule has 0 fully saturated rings. The number of carbonyl (C=O) groups excluding carboxylic acids is 1. The molecule has 1 amide bonds. The van der Waals surface area contributed by atoms with Gasteiger partial charge in [-0.15, -0.1) is 0 Å². The van der Waals surface area contributed by atoms with Gasteiger partial charge in [0.2, 0.25) is 0 Å². The van der Waals surface area contributed by atoms with Gasteiger partial charge in [0.05, 0.1) is 10.7 Å². The first-order valence-corrected chi connectivity index (χ1v) is 8.90. The minimum Gasteiger partial charge on any atom is -0.350 e. The molecular formula is C19H21ClN4O. The molecule has 0 saturated carbocycles. The third kappa shape index (κ3) is 5.03. The molecule has 1 aliphatic carbocycles. The molecule has 5 nitrogen and oxygen atoms in total. The first-order chi connectivity index (χ1) is 12.2. The topological polar surface area (TPSA) is 66.9 Å². The van der Waals surface area contributed by atoms with Crippen LogP contribution in [0, 0.1) is 0 Å². The summed E-state index contributed by atoms with van der Waals surface area (Å²) >= 11 is 6.13. The van der Waals surface area contributed by atoms with Gasteiger partial charge in [-0.1, -0.05) is 35.4 Å². The van der Waals surface area contributed by atoms with Crippen molar-refractivity contribution >= 4 is 29.0 Å². The standard InChI is InChI=1S/C19H21ClN4O/c20-15-8-4-5-9-16(15)24-18-12-17(22-13-23-18)19(25)21-11-10-14-6-2-1-3-7-14/h4-6,8-9,12-13H,1-3,7,10-11H2,(H,21,25)(H,22,23,24). The zero-order chi connectivity index (χ0) is 17.5. The summed E-state index contributed by atoms with van der Waals surface area (Å²) in [5.74, 6) is 0.337. The second-order valence-corrected chi connectivity index (χ2v) is 6.41. The maximum atomic E-state index is 12.3. The molecule has 0 saturated heterocycles. The molecule has 0 bridgehead atoms. The summed E-state index contributed by atoms with van der Waals surface area (Å²) in [5, 5.41) is 6.62. The summed E-state index contributed by atoms with van der Waals surface area (Å²) in [6.45, 7) is 0.627. The van der Waals surface area contributed by atoms with E-state index in [4.69, 9.17) is 11.6 Å². The number of benzene rings is 1. The van der Waals surface area contributed by atoms with Gasteiger partial charge in [-0.25, -0.2) is 9.97 Å². The van der Waals surface area contributed by atoms with Crippen molar-refractivity contribution in [1.29, 1.82) is 0 Å². The van der Waals surface area contributed by atoms with E-state index in [1.165, 1.54) is 24.7 Å². The van der Waals surface area contributed by atoms with Gasteiger partial charge in [0.25, 0.3) is 5.91 Å². The molecule has 0 spiro atoms. The zero-order valence-corrected chi connectivity index (χ0v) is 14.7. The number of nitrogens with zero attached hydrogens (tertiary/aromatic N) is 2. The van der Waals surface area contributed by atoms with Crippen LogP contribution in [0.3, 0.4) is 0 Å². The van der Waals surface area contributed by atoms with E-state index in [0.717, 1.165) is 24.9 Å². The molecule has 0 aliphatic heterocycles. The van der Waals surface area contributed by atoms with Crippen molar-refractivity contribution in [1.82, 2.24) is 15.3 Å². The lowest BCUT2D eigenvalue weighted by Gasteiger charge is -2.13. The second kappa shape index (κ2) is 8.62. The summed E-state index contributed by atoms with van der Waals surface area (Å²) < 4.78 is 0. The highest BCUT2D eigenvalue weighted by Gasteiger charge is 2.10. The van der Waals surface area contributed by atoms with Gasteiger partial charge in [0.15, 0.2) is 0 Å². The monoisotopic (exact) mass is 356 g/mol. The molecule has 3 rings (SSSR count). The second-order valence-electron chi connectivity index (χ2n) is 6.01. The average molecular weight is 357 g/mol. The Labute approximate surface area is 152 Å². The summed E-state index contributed by atoms with van der Waals surface area (Å²) in [6, 6.07) is 9.00. The number of carbonyl (C=O) groups is 1. The third-order valence-corrected chi connectivity index (χ3v) is 4.48. The molecule has 0 unspecified atom stereocenters. The van der Waals surface area contributed by atoms with Gasteiger partial charge < -0.3 is 10.6 Å². The minimum atomic E-state index is -0.194. The van der Waals surface area contributed by atoms with E-state index >= 15 is 0 Å². The fourth-order valence-electron chi connectivity index (χ4n) is 2.81. The largest absolute Gasteiger partial charge is 0.350 e. The summed E-state index contributed by atoms with van der Waals surface area (Å²) in [5.41, 5.74) is 2.51. The van der Waals surface area contributed by atoms with Crippen LogP contribution in [-0.2, 0) is 0 Å². The molecule has 1 heterocycles. The molecule has 1 aliphatic rings. The van der Waals surface area contributed by atoms with Gasteiger partial charge in [0, 0.05) is 12.6 Å². The Morgan fingerprint density at radius 3 is 2.88 bits per heavy atom. The molecule has 6 heteroatoms. The van der Waals surface area contributed by atoms with Gasteiger partial charge in [-0.2, -0.15) is 0 Å². The predicted octanol–water partition coefficient (Wildman–Crippen LogP) is 4.49. The van der Waals surface area contributed by atoms with E-state index in [-0.39, 0.29) is 5.91 Å². The van der Waals surface area contributed by atoms with Crippen LogP contribution in [-0.4, -0.2) is 22.4 Å². The van der Waals surface area contributed by atoms with Gasteiger partial charge in [-0.3, -0.25) is 4.79 Å². The van der Waals surface area contributed by atoms with Crippen LogP contribution in [0.2, 0.25) is 5.02 Å². The van der Waals surface area contributed by atoms with Crippen molar-refractivity contribution < 1.29 is 4.79 Å². The molecule has 1 aromatic heterocycles. The van der Waals surface area contributed by atoms with Crippen molar-refractivity contribution in [3.05, 3.63) is 59.0 Å². The Hall–Kier alpha value is -2.40. The molecule has 25 heavy (non-hydrogen) atoms. The van der Waals surface area contributed by atoms with Crippen molar-refractivity contribution in [3.8, 4) is 0 Å². The van der Waals surface area contributed by atoms with Crippen molar-refractivity contribution in [3.63, 3.8) is 0 Å². The summed E-state index contributed by atoms with van der Waals surface area (Å²) in [4.78, 5) is 20.5. The Morgan fingerprint density at radius 1 is 1.20 bits per heavy atom. The zero-order valence-electron chi connectivity index (χ0n) is 14.0. The summed E-state index contributed by atoms with van der Waals surface area (Å²) in [7, 11) is 0. The average Bonchev–Trinajstić information content (AvgIpc) is 2.65. The number of nitrogens with one attached hydrogen (secondary N) is 2. The fourth-order valence-corrected chi connectivity index (χ4v) is 2.99. The van der Waals surface area contributed by atoms with E-state index in [2.05, 4.69) is 26.7 Å². The highest BCUT2D eigenvalue weighted by atomic mass is 35.5. The Bertz CT molecular complexity index is 776. The van der Waals surface area contributed by atoms with Crippen molar-refractivity contribution in [2.45, 2.75) is 32.1 Å². The number of amides is 1. The molecule has 1 aromatic carbocycles.